The van der Waals surface area contributed by atoms with Crippen LogP contribution in [-0.4, -0.2) is 41.9 Å². The van der Waals surface area contributed by atoms with Crippen LogP contribution in [0, 0.1) is 13.8 Å². The highest BCUT2D eigenvalue weighted by Crippen LogP contribution is 2.30. The molecule has 1 amide bonds. The molecular formula is C24H26N2OS. The van der Waals surface area contributed by atoms with E-state index in [9.17, 15) is 4.79 Å². The second-order valence-corrected chi connectivity index (χ2v) is 8.47. The van der Waals surface area contributed by atoms with E-state index in [4.69, 9.17) is 0 Å². The second kappa shape index (κ2) is 8.29. The van der Waals surface area contributed by atoms with Crippen LogP contribution >= 0.6 is 11.3 Å². The quantitative estimate of drug-likeness (QED) is 0.632. The molecular weight excluding hydrogens is 364 g/mol. The molecule has 0 unspecified atom stereocenters. The third kappa shape index (κ3) is 3.75. The number of thiophene rings is 1. The maximum Gasteiger partial charge on any atom is 0.255 e. The van der Waals surface area contributed by atoms with Crippen molar-refractivity contribution >= 4 is 17.2 Å². The fourth-order valence-corrected chi connectivity index (χ4v) is 4.82. The Bertz CT molecular complexity index is 888. The number of nitrogens with zero attached hydrogens (tertiary/aromatic N) is 2. The molecule has 0 spiro atoms. The molecule has 0 atom stereocenters. The minimum Gasteiger partial charge on any atom is -0.336 e. The maximum absolute atomic E-state index is 13.0. The molecule has 0 aliphatic carbocycles. The van der Waals surface area contributed by atoms with E-state index < -0.39 is 0 Å². The van der Waals surface area contributed by atoms with Crippen molar-refractivity contribution in [3.63, 3.8) is 0 Å². The lowest BCUT2D eigenvalue weighted by Gasteiger charge is -2.39. The zero-order chi connectivity index (χ0) is 19.5. The second-order valence-electron chi connectivity index (χ2n) is 7.38. The Labute approximate surface area is 171 Å². The first kappa shape index (κ1) is 18.9. The number of carbonyl (C=O) groups excluding carboxylic acids is 1. The topological polar surface area (TPSA) is 23.6 Å². The summed E-state index contributed by atoms with van der Waals surface area (Å²) >= 11 is 1.67. The van der Waals surface area contributed by atoms with Gasteiger partial charge in [0.2, 0.25) is 0 Å². The molecule has 1 saturated heterocycles. The number of rotatable bonds is 4. The molecule has 3 nitrogen and oxygen atoms in total. The average molecular weight is 391 g/mol. The number of hydrogen-bond donors (Lipinski definition) is 0. The van der Waals surface area contributed by atoms with E-state index in [1.165, 1.54) is 16.0 Å². The fraction of sp³-hybridized carbons (Fsp3) is 0.292. The van der Waals surface area contributed by atoms with Crippen LogP contribution in [0.15, 0.2) is 66.0 Å². The number of benzene rings is 2. The van der Waals surface area contributed by atoms with Crippen LogP contribution in [-0.2, 0) is 0 Å². The summed E-state index contributed by atoms with van der Waals surface area (Å²) in [4.78, 5) is 18.7. The molecule has 28 heavy (non-hydrogen) atoms. The van der Waals surface area contributed by atoms with Crippen molar-refractivity contribution in [2.45, 2.75) is 19.9 Å². The smallest absolute Gasteiger partial charge is 0.255 e. The molecule has 2 heterocycles. The third-order valence-electron chi connectivity index (χ3n) is 5.71. The Hall–Kier alpha value is -2.43. The van der Waals surface area contributed by atoms with Crippen molar-refractivity contribution in [2.24, 2.45) is 0 Å². The first-order valence-electron chi connectivity index (χ1n) is 9.83. The van der Waals surface area contributed by atoms with E-state index in [2.05, 4.69) is 79.4 Å². The first-order chi connectivity index (χ1) is 13.6. The van der Waals surface area contributed by atoms with E-state index in [1.54, 1.807) is 11.3 Å². The summed E-state index contributed by atoms with van der Waals surface area (Å²) in [5.74, 6) is 0.178. The molecule has 144 valence electrons. The lowest BCUT2D eigenvalue weighted by atomic mass is 9.96. The lowest BCUT2D eigenvalue weighted by Crippen LogP contribution is -2.49. The van der Waals surface area contributed by atoms with Gasteiger partial charge < -0.3 is 4.90 Å². The van der Waals surface area contributed by atoms with E-state index in [0.29, 0.717) is 0 Å². The summed E-state index contributed by atoms with van der Waals surface area (Å²) in [5, 5.41) is 2.01. The van der Waals surface area contributed by atoms with Crippen LogP contribution in [0.4, 0.5) is 0 Å². The number of carbonyl (C=O) groups is 1. The average Bonchev–Trinajstić information content (AvgIpc) is 3.08. The van der Waals surface area contributed by atoms with Crippen LogP contribution in [0.3, 0.4) is 0 Å². The molecule has 1 aliphatic heterocycles. The summed E-state index contributed by atoms with van der Waals surface area (Å²) in [5.41, 5.74) is 4.61. The van der Waals surface area contributed by atoms with Gasteiger partial charge in [-0.3, -0.25) is 9.69 Å². The monoisotopic (exact) mass is 390 g/mol. The molecule has 4 rings (SSSR count). The predicted octanol–water partition coefficient (Wildman–Crippen LogP) is 4.91. The van der Waals surface area contributed by atoms with Crippen molar-refractivity contribution in [3.8, 4) is 0 Å². The molecule has 4 heteroatoms. The third-order valence-corrected chi connectivity index (χ3v) is 6.73. The fourth-order valence-electron chi connectivity index (χ4n) is 3.96. The van der Waals surface area contributed by atoms with Gasteiger partial charge in [-0.15, -0.1) is 11.3 Å². The zero-order valence-corrected chi connectivity index (χ0v) is 17.3. The largest absolute Gasteiger partial charge is 0.336 e. The molecule has 0 N–H and O–H groups in total. The van der Waals surface area contributed by atoms with Crippen LogP contribution in [0.1, 0.15) is 38.0 Å². The van der Waals surface area contributed by atoms with Gasteiger partial charge in [0.15, 0.2) is 0 Å². The van der Waals surface area contributed by atoms with Gasteiger partial charge in [-0.05, 0) is 30.5 Å². The highest BCUT2D eigenvalue weighted by atomic mass is 32.1. The summed E-state index contributed by atoms with van der Waals surface area (Å²) in [6.45, 7) is 7.42. The molecule has 1 fully saturated rings. The molecule has 3 aromatic rings. The van der Waals surface area contributed by atoms with Crippen molar-refractivity contribution in [2.75, 3.05) is 26.2 Å². The minimum atomic E-state index is 0.178. The molecule has 1 aliphatic rings. The lowest BCUT2D eigenvalue weighted by molar-refractivity contribution is 0.0597. The van der Waals surface area contributed by atoms with Crippen LogP contribution in [0.5, 0.6) is 0 Å². The van der Waals surface area contributed by atoms with Gasteiger partial charge in [0, 0.05) is 36.4 Å². The van der Waals surface area contributed by atoms with Crippen molar-refractivity contribution in [1.29, 1.82) is 0 Å². The summed E-state index contributed by atoms with van der Waals surface area (Å²) in [7, 11) is 0. The Morgan fingerprint density at radius 2 is 1.39 bits per heavy atom. The Kier molecular flexibility index (Phi) is 5.60. The number of aryl methyl sites for hydroxylation is 1. The Morgan fingerprint density at radius 3 is 1.86 bits per heavy atom. The molecule has 0 saturated carbocycles. The normalized spacial score (nSPS) is 15.2. The highest BCUT2D eigenvalue weighted by molar-refractivity contribution is 7.10. The van der Waals surface area contributed by atoms with Crippen molar-refractivity contribution < 1.29 is 4.79 Å². The molecule has 0 bridgehead atoms. The van der Waals surface area contributed by atoms with E-state index >= 15 is 0 Å². The Balaban J connectivity index is 1.52. The van der Waals surface area contributed by atoms with Crippen LogP contribution < -0.4 is 0 Å². The first-order valence-corrected chi connectivity index (χ1v) is 10.7. The zero-order valence-electron chi connectivity index (χ0n) is 16.5. The summed E-state index contributed by atoms with van der Waals surface area (Å²) in [6.07, 6.45) is 0. The van der Waals surface area contributed by atoms with Gasteiger partial charge >= 0.3 is 0 Å². The summed E-state index contributed by atoms with van der Waals surface area (Å²) in [6, 6.07) is 21.6. The molecule has 2 aromatic carbocycles. The van der Waals surface area contributed by atoms with Crippen molar-refractivity contribution in [1.82, 2.24) is 9.80 Å². The van der Waals surface area contributed by atoms with Gasteiger partial charge in [-0.25, -0.2) is 0 Å². The SMILES string of the molecule is Cc1scc(C(=O)N2CCN(C(c3ccccc3)c3ccccc3)CC2)c1C. The van der Waals surface area contributed by atoms with E-state index in [-0.39, 0.29) is 11.9 Å². The maximum atomic E-state index is 13.0. The number of hydrogen-bond acceptors (Lipinski definition) is 3. The molecule has 0 radical (unpaired) electrons. The van der Waals surface area contributed by atoms with Gasteiger partial charge in [0.1, 0.15) is 0 Å². The minimum absolute atomic E-state index is 0.178. The Morgan fingerprint density at radius 1 is 0.857 bits per heavy atom. The van der Waals surface area contributed by atoms with E-state index in [1.807, 2.05) is 10.3 Å². The van der Waals surface area contributed by atoms with Gasteiger partial charge in [0.25, 0.3) is 5.91 Å². The van der Waals surface area contributed by atoms with Crippen LogP contribution in [0.25, 0.3) is 0 Å². The molecule has 1 aromatic heterocycles. The van der Waals surface area contributed by atoms with Crippen molar-refractivity contribution in [3.05, 3.63) is 93.2 Å². The van der Waals surface area contributed by atoms with E-state index in [0.717, 1.165) is 37.3 Å². The number of piperazine rings is 1. The van der Waals surface area contributed by atoms with Gasteiger partial charge in [-0.1, -0.05) is 60.7 Å². The van der Waals surface area contributed by atoms with Gasteiger partial charge in [-0.2, -0.15) is 0 Å². The summed E-state index contributed by atoms with van der Waals surface area (Å²) < 4.78 is 0. The van der Waals surface area contributed by atoms with Crippen LogP contribution in [0.2, 0.25) is 0 Å². The highest BCUT2D eigenvalue weighted by Gasteiger charge is 2.29. The van der Waals surface area contributed by atoms with Gasteiger partial charge in [0.05, 0.1) is 11.6 Å². The predicted molar refractivity (Wildman–Crippen MR) is 116 cm³/mol. The number of amides is 1. The standard InChI is InChI=1S/C24H26N2OS/c1-18-19(2)28-17-22(18)24(27)26-15-13-25(14-16-26)23(20-9-5-3-6-10-20)21-11-7-4-8-12-21/h3-12,17,23H,13-16H2,1-2H3.